The van der Waals surface area contributed by atoms with Crippen molar-refractivity contribution in [3.05, 3.63) is 12.5 Å². The van der Waals surface area contributed by atoms with E-state index in [1.807, 2.05) is 13.8 Å². The Morgan fingerprint density at radius 2 is 2.06 bits per heavy atom. The summed E-state index contributed by atoms with van der Waals surface area (Å²) in [6.07, 6.45) is 3.03. The Kier molecular flexibility index (Phi) is 5.18. The van der Waals surface area contributed by atoms with Gasteiger partial charge in [0, 0.05) is 28.9 Å². The van der Waals surface area contributed by atoms with Crippen molar-refractivity contribution in [2.24, 2.45) is 0 Å². The second kappa shape index (κ2) is 5.81. The van der Waals surface area contributed by atoms with Crippen LogP contribution in [0.3, 0.4) is 0 Å². The summed E-state index contributed by atoms with van der Waals surface area (Å²) in [5.41, 5.74) is -0.575. The summed E-state index contributed by atoms with van der Waals surface area (Å²) in [6.45, 7) is 4.42. The van der Waals surface area contributed by atoms with Gasteiger partial charge >= 0.3 is 0 Å². The number of hydrogen-bond donors (Lipinski definition) is 1. The number of rotatable bonds is 6. The van der Waals surface area contributed by atoms with E-state index in [0.29, 0.717) is 17.2 Å². The molecule has 0 unspecified atom stereocenters. The molecule has 0 spiro atoms. The largest absolute Gasteiger partial charge is 0.336 e. The molecule has 0 saturated carbocycles. The monoisotopic (exact) mass is 387 g/mol. The highest BCUT2D eigenvalue weighted by molar-refractivity contribution is 9.09. The number of halogens is 2. The average molecular weight is 389 g/mol. The first-order chi connectivity index (χ1) is 7.87. The summed E-state index contributed by atoms with van der Waals surface area (Å²) in [5, 5.41) is 1.07. The van der Waals surface area contributed by atoms with Crippen LogP contribution >= 0.6 is 31.9 Å². The van der Waals surface area contributed by atoms with Crippen molar-refractivity contribution in [3.8, 4) is 0 Å². The Morgan fingerprint density at radius 1 is 1.47 bits per heavy atom. The van der Waals surface area contributed by atoms with E-state index in [4.69, 9.17) is 0 Å². The van der Waals surface area contributed by atoms with Crippen LogP contribution < -0.4 is 4.72 Å². The molecule has 1 N–H and O–H groups in total. The number of imidazole rings is 1. The Labute approximate surface area is 118 Å². The van der Waals surface area contributed by atoms with Crippen molar-refractivity contribution in [3.63, 3.8) is 0 Å². The topological polar surface area (TPSA) is 64.0 Å². The van der Waals surface area contributed by atoms with Crippen LogP contribution in [0, 0.1) is 0 Å². The number of hydrogen-bond acceptors (Lipinski definition) is 3. The maximum atomic E-state index is 12.1. The molecule has 0 aliphatic carbocycles. The van der Waals surface area contributed by atoms with E-state index < -0.39 is 15.6 Å². The Bertz CT molecular complexity index is 468. The minimum Gasteiger partial charge on any atom is -0.336 e. The van der Waals surface area contributed by atoms with Gasteiger partial charge in [-0.15, -0.1) is 0 Å². The molecule has 1 rings (SSSR count). The van der Waals surface area contributed by atoms with Gasteiger partial charge in [0.1, 0.15) is 0 Å². The molecule has 0 aromatic carbocycles. The van der Waals surface area contributed by atoms with Crippen LogP contribution in [0.1, 0.15) is 13.8 Å². The molecule has 0 amide bonds. The Balaban J connectivity index is 2.96. The molecule has 0 aliphatic rings. The van der Waals surface area contributed by atoms with E-state index in [1.165, 1.54) is 12.5 Å². The molecule has 17 heavy (non-hydrogen) atoms. The molecule has 8 heteroatoms. The minimum atomic E-state index is -3.57. The predicted octanol–water partition coefficient (Wildman–Crippen LogP) is 1.73. The quantitative estimate of drug-likeness (QED) is 0.754. The van der Waals surface area contributed by atoms with Crippen molar-refractivity contribution in [1.29, 1.82) is 0 Å². The zero-order valence-corrected chi connectivity index (χ0v) is 13.6. The van der Waals surface area contributed by atoms with Crippen molar-refractivity contribution in [2.45, 2.75) is 31.0 Å². The highest BCUT2D eigenvalue weighted by Gasteiger charge is 2.30. The van der Waals surface area contributed by atoms with E-state index in [1.54, 1.807) is 4.57 Å². The lowest BCUT2D eigenvalue weighted by atomic mass is 10.1. The van der Waals surface area contributed by atoms with Crippen LogP contribution in [-0.4, -0.2) is 34.2 Å². The lowest BCUT2D eigenvalue weighted by Gasteiger charge is -2.25. The highest BCUT2D eigenvalue weighted by atomic mass is 79.9. The molecular formula is C9H15Br2N3O2S. The lowest BCUT2D eigenvalue weighted by Crippen LogP contribution is -2.48. The molecular weight excluding hydrogens is 374 g/mol. The zero-order valence-electron chi connectivity index (χ0n) is 9.65. The van der Waals surface area contributed by atoms with Crippen molar-refractivity contribution in [1.82, 2.24) is 14.3 Å². The third-order valence-corrected chi connectivity index (χ3v) is 6.22. The van der Waals surface area contributed by atoms with E-state index in [-0.39, 0.29) is 5.03 Å². The molecule has 1 aromatic rings. The van der Waals surface area contributed by atoms with Crippen molar-refractivity contribution in [2.75, 3.05) is 10.7 Å². The number of sulfonamides is 1. The molecule has 0 fully saturated rings. The van der Waals surface area contributed by atoms with Crippen LogP contribution in [0.5, 0.6) is 0 Å². The summed E-state index contributed by atoms with van der Waals surface area (Å²) >= 11 is 6.59. The second-order valence-corrected chi connectivity index (χ2v) is 6.73. The lowest BCUT2D eigenvalue weighted by molar-refractivity contribution is 0.507. The number of nitrogens with zero attached hydrogens (tertiary/aromatic N) is 2. The normalized spacial score (nSPS) is 12.9. The fourth-order valence-electron chi connectivity index (χ4n) is 1.12. The van der Waals surface area contributed by atoms with Gasteiger partial charge in [0.2, 0.25) is 0 Å². The van der Waals surface area contributed by atoms with E-state index in [2.05, 4.69) is 41.6 Å². The van der Waals surface area contributed by atoms with Gasteiger partial charge < -0.3 is 4.57 Å². The molecule has 0 aliphatic heterocycles. The van der Waals surface area contributed by atoms with Gasteiger partial charge in [-0.05, 0) is 13.8 Å². The van der Waals surface area contributed by atoms with Crippen LogP contribution in [0.4, 0.5) is 0 Å². The first-order valence-electron chi connectivity index (χ1n) is 5.04. The fraction of sp³-hybridized carbons (Fsp3) is 0.667. The molecule has 98 valence electrons. The first kappa shape index (κ1) is 15.1. The molecule has 0 radical (unpaired) electrons. The van der Waals surface area contributed by atoms with Gasteiger partial charge in [0.25, 0.3) is 10.0 Å². The van der Waals surface area contributed by atoms with Gasteiger partial charge in [-0.2, -0.15) is 0 Å². The van der Waals surface area contributed by atoms with Gasteiger partial charge in [-0.1, -0.05) is 31.9 Å². The van der Waals surface area contributed by atoms with Crippen LogP contribution in [0.15, 0.2) is 17.6 Å². The van der Waals surface area contributed by atoms with Gasteiger partial charge in [-0.3, -0.25) is 0 Å². The van der Waals surface area contributed by atoms with Gasteiger partial charge in [0.05, 0.1) is 6.33 Å². The fourth-order valence-corrected chi connectivity index (χ4v) is 4.06. The first-order valence-corrected chi connectivity index (χ1v) is 8.77. The number of aromatic nitrogens is 2. The molecule has 0 bridgehead atoms. The van der Waals surface area contributed by atoms with Crippen LogP contribution in [0.2, 0.25) is 0 Å². The Hall–Kier alpha value is 0.0800. The third-order valence-electron chi connectivity index (χ3n) is 2.22. The highest BCUT2D eigenvalue weighted by Crippen LogP contribution is 2.16. The predicted molar refractivity (Wildman–Crippen MR) is 74.2 cm³/mol. The van der Waals surface area contributed by atoms with Gasteiger partial charge in [-0.25, -0.2) is 18.1 Å². The standard InChI is InChI=1S/C9H15Br2N3O2S/c1-3-14-4-8(12-7-14)17(15,16)13-9(2,5-10)6-11/h4,7,13H,3,5-6H2,1-2H3. The summed E-state index contributed by atoms with van der Waals surface area (Å²) in [4.78, 5) is 3.89. The van der Waals surface area contributed by atoms with Gasteiger partial charge in [0.15, 0.2) is 5.03 Å². The molecule has 5 nitrogen and oxygen atoms in total. The van der Waals surface area contributed by atoms with Crippen molar-refractivity contribution < 1.29 is 8.42 Å². The number of nitrogens with one attached hydrogen (secondary N) is 1. The van der Waals surface area contributed by atoms with E-state index in [9.17, 15) is 8.42 Å². The second-order valence-electron chi connectivity index (χ2n) is 3.98. The molecule has 0 atom stereocenters. The van der Waals surface area contributed by atoms with E-state index >= 15 is 0 Å². The van der Waals surface area contributed by atoms with E-state index in [0.717, 1.165) is 0 Å². The van der Waals surface area contributed by atoms with Crippen LogP contribution in [0.25, 0.3) is 0 Å². The minimum absolute atomic E-state index is 0.0486. The number of aryl methyl sites for hydroxylation is 1. The van der Waals surface area contributed by atoms with Crippen LogP contribution in [-0.2, 0) is 16.6 Å². The molecule has 1 heterocycles. The summed E-state index contributed by atoms with van der Waals surface area (Å²) in [5.74, 6) is 0. The van der Waals surface area contributed by atoms with Crippen molar-refractivity contribution >= 4 is 41.9 Å². The summed E-state index contributed by atoms with van der Waals surface area (Å²) in [6, 6.07) is 0. The zero-order chi connectivity index (χ0) is 13.1. The molecule has 0 saturated heterocycles. The Morgan fingerprint density at radius 3 is 2.47 bits per heavy atom. The maximum Gasteiger partial charge on any atom is 0.260 e. The third kappa shape index (κ3) is 3.77. The average Bonchev–Trinajstić information content (AvgIpc) is 2.77. The summed E-state index contributed by atoms with van der Waals surface area (Å²) < 4.78 is 28.5. The number of alkyl halides is 2. The smallest absolute Gasteiger partial charge is 0.260 e. The molecule has 1 aromatic heterocycles. The maximum absolute atomic E-state index is 12.1. The summed E-state index contributed by atoms with van der Waals surface area (Å²) in [7, 11) is -3.57. The SMILES string of the molecule is CCn1cnc(S(=O)(=O)NC(C)(CBr)CBr)c1.